The highest BCUT2D eigenvalue weighted by Crippen LogP contribution is 2.36. The topological polar surface area (TPSA) is 41.6 Å². The average Bonchev–Trinajstić information content (AvgIpc) is 3.39. The summed E-state index contributed by atoms with van der Waals surface area (Å²) in [6.07, 6.45) is 1.04. The Balaban J connectivity index is 1.56. The van der Waals surface area contributed by atoms with Crippen LogP contribution >= 0.6 is 11.3 Å². The van der Waals surface area contributed by atoms with Crippen LogP contribution in [0.2, 0.25) is 0 Å². The Bertz CT molecular complexity index is 924. The molecule has 0 unspecified atom stereocenters. The first kappa shape index (κ1) is 17.6. The zero-order valence-corrected chi connectivity index (χ0v) is 16.0. The molecule has 0 aliphatic carbocycles. The number of thiophene rings is 1. The Kier molecular flexibility index (Phi) is 5.12. The maximum atomic E-state index is 12.8. The molecule has 5 heteroatoms. The first-order chi connectivity index (χ1) is 13.3. The van der Waals surface area contributed by atoms with Crippen LogP contribution in [-0.2, 0) is 6.42 Å². The van der Waals surface area contributed by atoms with Gasteiger partial charge in [-0.1, -0.05) is 36.4 Å². The van der Waals surface area contributed by atoms with Crippen molar-refractivity contribution >= 4 is 22.9 Å². The highest BCUT2D eigenvalue weighted by Gasteiger charge is 2.28. The van der Waals surface area contributed by atoms with Crippen molar-refractivity contribution in [1.82, 2.24) is 5.32 Å². The molecule has 0 radical (unpaired) electrons. The number of para-hydroxylation sites is 2. The van der Waals surface area contributed by atoms with E-state index in [-0.39, 0.29) is 11.9 Å². The number of hydrogen-bond donors (Lipinski definition) is 1. The second-order valence-corrected chi connectivity index (χ2v) is 7.49. The Morgan fingerprint density at radius 2 is 1.96 bits per heavy atom. The summed E-state index contributed by atoms with van der Waals surface area (Å²) in [5.41, 5.74) is 3.20. The van der Waals surface area contributed by atoms with Crippen LogP contribution in [-0.4, -0.2) is 26.1 Å². The summed E-state index contributed by atoms with van der Waals surface area (Å²) in [6, 6.07) is 20.2. The van der Waals surface area contributed by atoms with Crippen molar-refractivity contribution in [2.24, 2.45) is 0 Å². The van der Waals surface area contributed by atoms with Gasteiger partial charge in [0.15, 0.2) is 0 Å². The summed E-state index contributed by atoms with van der Waals surface area (Å²) >= 11 is 1.73. The number of nitrogens with one attached hydrogen (secondary N) is 1. The molecule has 1 aromatic heterocycles. The number of hydrogen-bond acceptors (Lipinski definition) is 4. The number of rotatable bonds is 6. The van der Waals surface area contributed by atoms with Crippen molar-refractivity contribution in [1.29, 1.82) is 0 Å². The fraction of sp³-hybridized carbons (Fsp3) is 0.227. The van der Waals surface area contributed by atoms with Crippen molar-refractivity contribution in [3.63, 3.8) is 0 Å². The number of carbonyl (C=O) groups is 1. The summed E-state index contributed by atoms with van der Waals surface area (Å²) in [4.78, 5) is 16.4. The second kappa shape index (κ2) is 7.84. The van der Waals surface area contributed by atoms with Crippen molar-refractivity contribution in [2.75, 3.05) is 25.1 Å². The van der Waals surface area contributed by atoms with E-state index in [4.69, 9.17) is 4.74 Å². The van der Waals surface area contributed by atoms with Gasteiger partial charge in [0.2, 0.25) is 0 Å². The van der Waals surface area contributed by atoms with Gasteiger partial charge in [-0.25, -0.2) is 0 Å². The van der Waals surface area contributed by atoms with Crippen LogP contribution in [0.1, 0.15) is 26.8 Å². The normalized spacial score (nSPS) is 13.9. The lowest BCUT2D eigenvalue weighted by Crippen LogP contribution is -2.37. The lowest BCUT2D eigenvalue weighted by Gasteiger charge is -2.30. The maximum Gasteiger partial charge on any atom is 0.255 e. The van der Waals surface area contributed by atoms with Crippen LogP contribution in [0.4, 0.5) is 5.69 Å². The second-order valence-electron chi connectivity index (χ2n) is 6.51. The van der Waals surface area contributed by atoms with Gasteiger partial charge in [0.25, 0.3) is 5.91 Å². The van der Waals surface area contributed by atoms with E-state index in [1.165, 1.54) is 16.1 Å². The zero-order valence-electron chi connectivity index (χ0n) is 15.2. The Labute approximate surface area is 163 Å². The van der Waals surface area contributed by atoms with Gasteiger partial charge in [0.05, 0.1) is 18.7 Å². The van der Waals surface area contributed by atoms with E-state index in [9.17, 15) is 4.79 Å². The van der Waals surface area contributed by atoms with Crippen LogP contribution in [0.3, 0.4) is 0 Å². The standard InChI is InChI=1S/C22H22N2O2S/c1-26-20-10-5-3-8-17(20)22(25)23-15-19(21-11-6-14-27-21)24-13-12-16-7-2-4-9-18(16)24/h2-11,14,19H,12-13,15H2,1H3,(H,23,25)/t19-/m1/s1. The van der Waals surface area contributed by atoms with Gasteiger partial charge in [0.1, 0.15) is 5.75 Å². The van der Waals surface area contributed by atoms with Crippen molar-refractivity contribution < 1.29 is 9.53 Å². The number of carbonyl (C=O) groups excluding carboxylic acids is 1. The number of anilines is 1. The Hall–Kier alpha value is -2.79. The van der Waals surface area contributed by atoms with E-state index in [2.05, 4.69) is 52.0 Å². The lowest BCUT2D eigenvalue weighted by molar-refractivity contribution is 0.0948. The van der Waals surface area contributed by atoms with Crippen LogP contribution in [0.5, 0.6) is 5.75 Å². The molecular weight excluding hydrogens is 356 g/mol. The van der Waals surface area contributed by atoms with Crippen LogP contribution in [0.25, 0.3) is 0 Å². The molecule has 2 heterocycles. The Morgan fingerprint density at radius 1 is 1.15 bits per heavy atom. The molecule has 0 saturated heterocycles. The zero-order chi connectivity index (χ0) is 18.6. The van der Waals surface area contributed by atoms with E-state index in [0.717, 1.165) is 13.0 Å². The molecule has 0 bridgehead atoms. The minimum atomic E-state index is -0.110. The fourth-order valence-electron chi connectivity index (χ4n) is 3.65. The third-order valence-corrected chi connectivity index (χ3v) is 5.95. The van der Waals surface area contributed by atoms with E-state index in [0.29, 0.717) is 17.9 Å². The number of methoxy groups -OCH3 is 1. The third kappa shape index (κ3) is 3.55. The van der Waals surface area contributed by atoms with Crippen molar-refractivity contribution in [3.8, 4) is 5.75 Å². The number of ether oxygens (including phenoxy) is 1. The lowest BCUT2D eigenvalue weighted by atomic mass is 10.1. The highest BCUT2D eigenvalue weighted by atomic mass is 32.1. The quantitative estimate of drug-likeness (QED) is 0.696. The highest BCUT2D eigenvalue weighted by molar-refractivity contribution is 7.10. The first-order valence-electron chi connectivity index (χ1n) is 9.07. The number of nitrogens with zero attached hydrogens (tertiary/aromatic N) is 1. The van der Waals surface area contributed by atoms with Gasteiger partial charge in [-0.3, -0.25) is 4.79 Å². The van der Waals surface area contributed by atoms with Crippen LogP contribution in [0.15, 0.2) is 66.0 Å². The number of amides is 1. The number of benzene rings is 2. The molecule has 1 aliphatic heterocycles. The molecule has 27 heavy (non-hydrogen) atoms. The molecule has 2 aromatic carbocycles. The van der Waals surface area contributed by atoms with Crippen LogP contribution in [0, 0.1) is 0 Å². The van der Waals surface area contributed by atoms with Gasteiger partial charge in [-0.2, -0.15) is 0 Å². The summed E-state index contributed by atoms with van der Waals surface area (Å²) in [7, 11) is 1.59. The van der Waals surface area contributed by atoms with Gasteiger partial charge in [-0.05, 0) is 41.6 Å². The van der Waals surface area contributed by atoms with Gasteiger partial charge in [-0.15, -0.1) is 11.3 Å². The molecule has 1 aliphatic rings. The van der Waals surface area contributed by atoms with Gasteiger partial charge >= 0.3 is 0 Å². The minimum Gasteiger partial charge on any atom is -0.496 e. The summed E-state index contributed by atoms with van der Waals surface area (Å²) in [5.74, 6) is 0.482. The number of fused-ring (bicyclic) bond motifs is 1. The van der Waals surface area contributed by atoms with Crippen molar-refractivity contribution in [2.45, 2.75) is 12.5 Å². The Morgan fingerprint density at radius 3 is 2.78 bits per heavy atom. The van der Waals surface area contributed by atoms with E-state index >= 15 is 0 Å². The van der Waals surface area contributed by atoms with Crippen LogP contribution < -0.4 is 15.0 Å². The molecule has 1 amide bonds. The summed E-state index contributed by atoms with van der Waals surface area (Å²) < 4.78 is 5.32. The average molecular weight is 378 g/mol. The monoisotopic (exact) mass is 378 g/mol. The third-order valence-electron chi connectivity index (χ3n) is 4.98. The molecule has 4 nitrogen and oxygen atoms in total. The van der Waals surface area contributed by atoms with Gasteiger partial charge < -0.3 is 15.0 Å². The van der Waals surface area contributed by atoms with E-state index < -0.39 is 0 Å². The molecule has 1 atom stereocenters. The first-order valence-corrected chi connectivity index (χ1v) is 9.95. The molecule has 3 aromatic rings. The smallest absolute Gasteiger partial charge is 0.255 e. The molecule has 0 saturated carbocycles. The summed E-state index contributed by atoms with van der Waals surface area (Å²) in [6.45, 7) is 1.51. The molecule has 4 rings (SSSR count). The maximum absolute atomic E-state index is 12.8. The van der Waals surface area contributed by atoms with E-state index in [1.807, 2.05) is 18.2 Å². The summed E-state index contributed by atoms with van der Waals surface area (Å²) in [5, 5.41) is 5.21. The molecule has 1 N–H and O–H groups in total. The predicted molar refractivity (Wildman–Crippen MR) is 110 cm³/mol. The SMILES string of the molecule is COc1ccccc1C(=O)NC[C@H](c1cccs1)N1CCc2ccccc21. The molecule has 0 spiro atoms. The molecular formula is C22H22N2O2S. The molecule has 0 fully saturated rings. The fourth-order valence-corrected chi connectivity index (χ4v) is 4.49. The minimum absolute atomic E-state index is 0.110. The van der Waals surface area contributed by atoms with Gasteiger partial charge in [0, 0.05) is 23.7 Å². The van der Waals surface area contributed by atoms with E-state index in [1.54, 1.807) is 24.5 Å². The predicted octanol–water partition coefficient (Wildman–Crippen LogP) is 4.29. The van der Waals surface area contributed by atoms with Crippen molar-refractivity contribution in [3.05, 3.63) is 82.0 Å². The molecule has 138 valence electrons. The largest absolute Gasteiger partial charge is 0.496 e.